The minimum absolute atomic E-state index is 0.0299. The van der Waals surface area contributed by atoms with Crippen molar-refractivity contribution >= 4 is 5.91 Å². The average Bonchev–Trinajstić information content (AvgIpc) is 3.02. The molecule has 3 rings (SSSR count). The maximum Gasteiger partial charge on any atom is 0.223 e. The van der Waals surface area contributed by atoms with E-state index in [1.165, 1.54) is 0 Å². The van der Waals surface area contributed by atoms with Crippen LogP contribution in [0.5, 0.6) is 0 Å². The lowest BCUT2D eigenvalue weighted by atomic mass is 9.89. The Balaban J connectivity index is 1.59. The van der Waals surface area contributed by atoms with Crippen molar-refractivity contribution in [3.05, 3.63) is 41.4 Å². The van der Waals surface area contributed by atoms with Gasteiger partial charge in [-0.3, -0.25) is 4.79 Å². The van der Waals surface area contributed by atoms with Gasteiger partial charge in [-0.2, -0.15) is 0 Å². The molecule has 19 heavy (non-hydrogen) atoms. The number of nitrogens with zero attached hydrogens (tertiary/aromatic N) is 1. The number of hydrogen-bond donors (Lipinski definition) is 2. The molecule has 2 N–H and O–H groups in total. The summed E-state index contributed by atoms with van der Waals surface area (Å²) >= 11 is 0. The van der Waals surface area contributed by atoms with Crippen LogP contribution in [0.4, 0.5) is 0 Å². The fraction of sp³-hybridized carbons (Fsp3) is 0.429. The largest absolute Gasteiger partial charge is 0.467 e. The van der Waals surface area contributed by atoms with Gasteiger partial charge in [0.25, 0.3) is 0 Å². The summed E-state index contributed by atoms with van der Waals surface area (Å²) in [5.41, 5.74) is 2.23. The number of rotatable bonds is 3. The van der Waals surface area contributed by atoms with Gasteiger partial charge in [-0.15, -0.1) is 0 Å². The summed E-state index contributed by atoms with van der Waals surface area (Å²) in [5, 5.41) is 2.93. The first kappa shape index (κ1) is 12.0. The van der Waals surface area contributed by atoms with Gasteiger partial charge in [0.15, 0.2) is 0 Å². The first-order valence-electron chi connectivity index (χ1n) is 6.57. The van der Waals surface area contributed by atoms with Crippen LogP contribution in [-0.2, 0) is 24.2 Å². The second-order valence-corrected chi connectivity index (χ2v) is 4.98. The van der Waals surface area contributed by atoms with Gasteiger partial charge in [0.1, 0.15) is 11.6 Å². The molecule has 100 valence electrons. The molecule has 5 nitrogen and oxygen atoms in total. The highest BCUT2D eigenvalue weighted by molar-refractivity contribution is 5.79. The van der Waals surface area contributed by atoms with Crippen LogP contribution in [0, 0.1) is 12.8 Å². The molecule has 0 fully saturated rings. The Kier molecular flexibility index (Phi) is 3.11. The normalized spacial score (nSPS) is 18.1. The molecule has 0 spiro atoms. The fourth-order valence-electron chi connectivity index (χ4n) is 2.58. The molecular weight excluding hydrogens is 242 g/mol. The van der Waals surface area contributed by atoms with Crippen molar-refractivity contribution in [2.24, 2.45) is 5.92 Å². The molecule has 1 aliphatic carbocycles. The van der Waals surface area contributed by atoms with Crippen LogP contribution in [0.3, 0.4) is 0 Å². The van der Waals surface area contributed by atoms with E-state index in [0.717, 1.165) is 42.2 Å². The molecule has 2 heterocycles. The molecular formula is C14H17N3O2. The summed E-state index contributed by atoms with van der Waals surface area (Å²) in [6, 6.07) is 3.68. The van der Waals surface area contributed by atoms with Crippen LogP contribution >= 0.6 is 0 Å². The number of furan rings is 1. The summed E-state index contributed by atoms with van der Waals surface area (Å²) in [5.74, 6) is 1.83. The molecule has 0 saturated heterocycles. The van der Waals surface area contributed by atoms with Gasteiger partial charge >= 0.3 is 0 Å². The van der Waals surface area contributed by atoms with Crippen LogP contribution in [-0.4, -0.2) is 15.9 Å². The topological polar surface area (TPSA) is 70.9 Å². The van der Waals surface area contributed by atoms with Crippen molar-refractivity contribution in [2.45, 2.75) is 32.7 Å². The van der Waals surface area contributed by atoms with E-state index in [4.69, 9.17) is 4.42 Å². The van der Waals surface area contributed by atoms with Crippen molar-refractivity contribution in [2.75, 3.05) is 0 Å². The zero-order chi connectivity index (χ0) is 13.2. The number of aromatic nitrogens is 2. The van der Waals surface area contributed by atoms with Gasteiger partial charge in [0, 0.05) is 18.0 Å². The third-order valence-corrected chi connectivity index (χ3v) is 3.55. The molecule has 2 aromatic rings. The Morgan fingerprint density at radius 1 is 1.63 bits per heavy atom. The predicted molar refractivity (Wildman–Crippen MR) is 69.4 cm³/mol. The summed E-state index contributed by atoms with van der Waals surface area (Å²) in [4.78, 5) is 19.8. The maximum absolute atomic E-state index is 12.1. The molecule has 0 aliphatic heterocycles. The van der Waals surface area contributed by atoms with Crippen LogP contribution in [0.1, 0.15) is 29.4 Å². The van der Waals surface area contributed by atoms with E-state index >= 15 is 0 Å². The van der Waals surface area contributed by atoms with Crippen molar-refractivity contribution in [1.29, 1.82) is 0 Å². The molecule has 1 atom stereocenters. The van der Waals surface area contributed by atoms with Gasteiger partial charge in [-0.05, 0) is 31.9 Å². The minimum Gasteiger partial charge on any atom is -0.467 e. The molecule has 0 bridgehead atoms. The second kappa shape index (κ2) is 4.91. The monoisotopic (exact) mass is 259 g/mol. The number of aromatic amines is 1. The molecule has 0 aromatic carbocycles. The Bertz CT molecular complexity index is 572. The Morgan fingerprint density at radius 2 is 2.53 bits per heavy atom. The van der Waals surface area contributed by atoms with E-state index in [2.05, 4.69) is 15.3 Å². The average molecular weight is 259 g/mol. The van der Waals surface area contributed by atoms with E-state index in [9.17, 15) is 4.79 Å². The fourth-order valence-corrected chi connectivity index (χ4v) is 2.58. The van der Waals surface area contributed by atoms with E-state index in [1.54, 1.807) is 6.26 Å². The SMILES string of the molecule is Cc1nc2c([nH]1)C[C@@H](C(=O)NCc1ccco1)CC2. The highest BCUT2D eigenvalue weighted by Crippen LogP contribution is 2.24. The standard InChI is InChI=1S/C14H17N3O2/c1-9-16-12-5-4-10(7-13(12)17-9)14(18)15-8-11-3-2-6-19-11/h2-3,6,10H,4-5,7-8H2,1H3,(H,15,18)(H,16,17)/t10-/m0/s1. The summed E-state index contributed by atoms with van der Waals surface area (Å²) in [6.07, 6.45) is 4.10. The molecule has 1 aliphatic rings. The number of imidazole rings is 1. The van der Waals surface area contributed by atoms with Crippen molar-refractivity contribution in [1.82, 2.24) is 15.3 Å². The lowest BCUT2D eigenvalue weighted by Gasteiger charge is -2.20. The van der Waals surface area contributed by atoms with Gasteiger partial charge in [0.2, 0.25) is 5.91 Å². The highest BCUT2D eigenvalue weighted by atomic mass is 16.3. The quantitative estimate of drug-likeness (QED) is 0.881. The van der Waals surface area contributed by atoms with Crippen LogP contribution in [0.15, 0.2) is 22.8 Å². The third-order valence-electron chi connectivity index (χ3n) is 3.55. The Morgan fingerprint density at radius 3 is 3.32 bits per heavy atom. The van der Waals surface area contributed by atoms with Crippen molar-refractivity contribution in [3.63, 3.8) is 0 Å². The molecule has 0 unspecified atom stereocenters. The summed E-state index contributed by atoms with van der Waals surface area (Å²) in [6.45, 7) is 2.40. The smallest absolute Gasteiger partial charge is 0.223 e. The summed E-state index contributed by atoms with van der Waals surface area (Å²) < 4.78 is 5.20. The maximum atomic E-state index is 12.1. The minimum atomic E-state index is 0.0299. The number of carbonyl (C=O) groups is 1. The zero-order valence-electron chi connectivity index (χ0n) is 10.9. The Hall–Kier alpha value is -2.04. The van der Waals surface area contributed by atoms with Gasteiger partial charge in [0.05, 0.1) is 18.5 Å². The first-order valence-corrected chi connectivity index (χ1v) is 6.57. The molecule has 0 saturated carbocycles. The van der Waals surface area contributed by atoms with Crippen molar-refractivity contribution in [3.8, 4) is 0 Å². The number of hydrogen-bond acceptors (Lipinski definition) is 3. The van der Waals surface area contributed by atoms with Crippen LogP contribution in [0.25, 0.3) is 0 Å². The predicted octanol–water partition coefficient (Wildman–Crippen LogP) is 1.73. The number of aryl methyl sites for hydroxylation is 2. The molecule has 2 aromatic heterocycles. The first-order chi connectivity index (χ1) is 9.22. The van der Waals surface area contributed by atoms with Crippen LogP contribution in [0.2, 0.25) is 0 Å². The lowest BCUT2D eigenvalue weighted by Crippen LogP contribution is -2.33. The van der Waals surface area contributed by atoms with Crippen molar-refractivity contribution < 1.29 is 9.21 Å². The van der Waals surface area contributed by atoms with Gasteiger partial charge in [-0.1, -0.05) is 0 Å². The molecule has 0 radical (unpaired) electrons. The zero-order valence-corrected chi connectivity index (χ0v) is 10.9. The number of nitrogens with one attached hydrogen (secondary N) is 2. The number of H-pyrrole nitrogens is 1. The highest BCUT2D eigenvalue weighted by Gasteiger charge is 2.26. The van der Waals surface area contributed by atoms with Gasteiger partial charge in [-0.25, -0.2) is 4.98 Å². The lowest BCUT2D eigenvalue weighted by molar-refractivity contribution is -0.125. The third kappa shape index (κ3) is 2.54. The van der Waals surface area contributed by atoms with Gasteiger partial charge < -0.3 is 14.7 Å². The number of fused-ring (bicyclic) bond motifs is 1. The van der Waals surface area contributed by atoms with E-state index in [1.807, 2.05) is 19.1 Å². The Labute approximate surface area is 111 Å². The second-order valence-electron chi connectivity index (χ2n) is 4.98. The van der Waals surface area contributed by atoms with Crippen LogP contribution < -0.4 is 5.32 Å². The van der Waals surface area contributed by atoms with E-state index in [0.29, 0.717) is 6.54 Å². The summed E-state index contributed by atoms with van der Waals surface area (Å²) in [7, 11) is 0. The van der Waals surface area contributed by atoms with E-state index in [-0.39, 0.29) is 11.8 Å². The number of carbonyl (C=O) groups excluding carboxylic acids is 1. The van der Waals surface area contributed by atoms with E-state index < -0.39 is 0 Å². The molecule has 1 amide bonds. The number of amides is 1. The molecule has 5 heteroatoms.